The third kappa shape index (κ3) is 3.61. The zero-order valence-electron chi connectivity index (χ0n) is 11.6. The number of hydrogen-bond acceptors (Lipinski definition) is 5. The van der Waals surface area contributed by atoms with E-state index < -0.39 is 5.97 Å². The summed E-state index contributed by atoms with van der Waals surface area (Å²) in [5.41, 5.74) is 2.18. The van der Waals surface area contributed by atoms with E-state index in [1.807, 2.05) is 37.3 Å². The monoisotopic (exact) mass is 307 g/mol. The summed E-state index contributed by atoms with van der Waals surface area (Å²) in [6.45, 7) is 1.56. The minimum absolute atomic E-state index is 0.253. The van der Waals surface area contributed by atoms with Crippen molar-refractivity contribution in [2.45, 2.75) is 6.92 Å². The molecular weight excluding hydrogens is 294 g/mol. The second kappa shape index (κ2) is 6.90. The molecule has 21 heavy (non-hydrogen) atoms. The van der Waals surface area contributed by atoms with Crippen molar-refractivity contribution in [2.75, 3.05) is 13.7 Å². The van der Waals surface area contributed by atoms with Crippen LogP contribution in [0, 0.1) is 6.92 Å². The molecule has 0 fully saturated rings. The molecular formula is C14H14ClN3O3. The van der Waals surface area contributed by atoms with E-state index in [0.29, 0.717) is 16.4 Å². The van der Waals surface area contributed by atoms with Crippen molar-refractivity contribution in [1.82, 2.24) is 9.78 Å². The molecule has 1 heterocycles. The Hall–Kier alpha value is -2.34. The van der Waals surface area contributed by atoms with Gasteiger partial charge in [0.05, 0.1) is 30.3 Å². The highest BCUT2D eigenvalue weighted by molar-refractivity contribution is 6.32. The van der Waals surface area contributed by atoms with E-state index in [0.717, 1.165) is 5.69 Å². The Bertz CT molecular complexity index is 653. The zero-order chi connectivity index (χ0) is 15.2. The Morgan fingerprint density at radius 3 is 2.81 bits per heavy atom. The number of rotatable bonds is 5. The van der Waals surface area contributed by atoms with Gasteiger partial charge in [-0.1, -0.05) is 35.0 Å². The van der Waals surface area contributed by atoms with Gasteiger partial charge in [0.25, 0.3) is 0 Å². The fraction of sp³-hybridized carbons (Fsp3) is 0.214. The largest absolute Gasteiger partial charge is 0.466 e. The highest BCUT2D eigenvalue weighted by atomic mass is 35.5. The number of methoxy groups -OCH3 is 1. The van der Waals surface area contributed by atoms with Gasteiger partial charge >= 0.3 is 5.97 Å². The number of ether oxygens (including phenoxy) is 1. The average molecular weight is 308 g/mol. The molecule has 0 atom stereocenters. The average Bonchev–Trinajstić information content (AvgIpc) is 2.79. The molecule has 110 valence electrons. The zero-order valence-corrected chi connectivity index (χ0v) is 12.4. The van der Waals surface area contributed by atoms with E-state index in [9.17, 15) is 4.79 Å². The Morgan fingerprint density at radius 2 is 2.14 bits per heavy atom. The molecule has 6 nitrogen and oxygen atoms in total. The van der Waals surface area contributed by atoms with Gasteiger partial charge in [0.1, 0.15) is 5.15 Å². The molecule has 0 saturated heterocycles. The molecule has 0 aliphatic carbocycles. The Kier molecular flexibility index (Phi) is 4.94. The van der Waals surface area contributed by atoms with Gasteiger partial charge in [-0.05, 0) is 19.1 Å². The second-order valence-corrected chi connectivity index (χ2v) is 4.48. The molecule has 0 amide bonds. The lowest BCUT2D eigenvalue weighted by atomic mass is 10.3. The molecule has 7 heteroatoms. The van der Waals surface area contributed by atoms with Gasteiger partial charge in [-0.25, -0.2) is 9.48 Å². The van der Waals surface area contributed by atoms with Crippen molar-refractivity contribution in [3.63, 3.8) is 0 Å². The second-order valence-electron chi connectivity index (χ2n) is 4.12. The summed E-state index contributed by atoms with van der Waals surface area (Å²) in [5.74, 6) is -0.505. The predicted molar refractivity (Wildman–Crippen MR) is 78.9 cm³/mol. The molecule has 0 N–H and O–H groups in total. The fourth-order valence-electron chi connectivity index (χ4n) is 1.64. The van der Waals surface area contributed by atoms with Crippen molar-refractivity contribution < 1.29 is 14.4 Å². The van der Waals surface area contributed by atoms with Crippen LogP contribution in [-0.4, -0.2) is 35.7 Å². The third-order valence-electron chi connectivity index (χ3n) is 2.72. The van der Waals surface area contributed by atoms with Crippen molar-refractivity contribution in [3.05, 3.63) is 46.7 Å². The van der Waals surface area contributed by atoms with Crippen LogP contribution in [0.15, 0.2) is 35.5 Å². The molecule has 0 saturated carbocycles. The summed E-state index contributed by atoms with van der Waals surface area (Å²) in [4.78, 5) is 15.7. The van der Waals surface area contributed by atoms with E-state index in [1.165, 1.54) is 13.3 Å². The molecule has 2 rings (SSSR count). The number of oxime groups is 1. The van der Waals surface area contributed by atoms with Gasteiger partial charge < -0.3 is 9.57 Å². The van der Waals surface area contributed by atoms with Gasteiger partial charge in [-0.3, -0.25) is 0 Å². The summed E-state index contributed by atoms with van der Waals surface area (Å²) in [7, 11) is 1.28. The van der Waals surface area contributed by atoms with Crippen molar-refractivity contribution >= 4 is 23.8 Å². The first-order chi connectivity index (χ1) is 10.1. The van der Waals surface area contributed by atoms with Gasteiger partial charge in [0.2, 0.25) is 6.61 Å². The number of carbonyl (C=O) groups is 1. The van der Waals surface area contributed by atoms with E-state index in [2.05, 4.69) is 15.0 Å². The lowest BCUT2D eigenvalue weighted by Gasteiger charge is -2.01. The van der Waals surface area contributed by atoms with Gasteiger partial charge in [0, 0.05) is 0 Å². The quantitative estimate of drug-likeness (QED) is 0.483. The highest BCUT2D eigenvalue weighted by Gasteiger charge is 2.13. The first-order valence-corrected chi connectivity index (χ1v) is 6.54. The van der Waals surface area contributed by atoms with E-state index in [1.54, 1.807) is 4.68 Å². The summed E-state index contributed by atoms with van der Waals surface area (Å²) in [5, 5.41) is 8.47. The van der Waals surface area contributed by atoms with Crippen LogP contribution >= 0.6 is 11.6 Å². The molecule has 0 spiro atoms. The number of benzene rings is 1. The third-order valence-corrected chi connectivity index (χ3v) is 3.08. The molecule has 0 unspecified atom stereocenters. The molecule has 1 aromatic carbocycles. The van der Waals surface area contributed by atoms with Crippen LogP contribution < -0.4 is 0 Å². The van der Waals surface area contributed by atoms with Crippen LogP contribution in [0.5, 0.6) is 0 Å². The number of aryl methyl sites for hydroxylation is 1. The predicted octanol–water partition coefficient (Wildman–Crippen LogP) is 2.36. The van der Waals surface area contributed by atoms with Crippen LogP contribution in [-0.2, 0) is 14.4 Å². The van der Waals surface area contributed by atoms with Crippen LogP contribution in [0.25, 0.3) is 5.69 Å². The first-order valence-electron chi connectivity index (χ1n) is 6.16. The Morgan fingerprint density at radius 1 is 1.43 bits per heavy atom. The normalized spacial score (nSPS) is 10.8. The number of nitrogens with zero attached hydrogens (tertiary/aromatic N) is 3. The lowest BCUT2D eigenvalue weighted by Crippen LogP contribution is -2.07. The molecule has 0 radical (unpaired) electrons. The fourth-order valence-corrected chi connectivity index (χ4v) is 1.96. The molecule has 1 aromatic heterocycles. The van der Waals surface area contributed by atoms with Gasteiger partial charge in [-0.2, -0.15) is 5.10 Å². The number of aromatic nitrogens is 2. The molecule has 0 aliphatic rings. The number of para-hydroxylation sites is 1. The van der Waals surface area contributed by atoms with Gasteiger partial charge in [0.15, 0.2) is 0 Å². The SMILES string of the molecule is COC(=O)CON=Cc1c(C)nn(-c2ccccc2)c1Cl. The number of hydrogen-bond donors (Lipinski definition) is 0. The van der Waals surface area contributed by atoms with E-state index in [4.69, 9.17) is 16.4 Å². The molecule has 0 aliphatic heterocycles. The maximum Gasteiger partial charge on any atom is 0.346 e. The maximum absolute atomic E-state index is 10.9. The summed E-state index contributed by atoms with van der Waals surface area (Å²) < 4.78 is 6.04. The van der Waals surface area contributed by atoms with E-state index >= 15 is 0 Å². The lowest BCUT2D eigenvalue weighted by molar-refractivity contribution is -0.145. The summed E-state index contributed by atoms with van der Waals surface area (Å²) in [6, 6.07) is 9.50. The standard InChI is InChI=1S/C14H14ClN3O3/c1-10-12(8-16-21-9-13(19)20-2)14(15)18(17-10)11-6-4-3-5-7-11/h3-8H,9H2,1-2H3. The van der Waals surface area contributed by atoms with Crippen LogP contribution in [0.1, 0.15) is 11.3 Å². The summed E-state index contributed by atoms with van der Waals surface area (Å²) in [6.07, 6.45) is 1.42. The van der Waals surface area contributed by atoms with E-state index in [-0.39, 0.29) is 6.61 Å². The Labute approximate surface area is 126 Å². The minimum Gasteiger partial charge on any atom is -0.466 e. The number of carbonyl (C=O) groups excluding carboxylic acids is 1. The molecule has 0 bridgehead atoms. The van der Waals surface area contributed by atoms with Crippen LogP contribution in [0.2, 0.25) is 5.15 Å². The number of esters is 1. The van der Waals surface area contributed by atoms with Crippen molar-refractivity contribution in [2.24, 2.45) is 5.16 Å². The van der Waals surface area contributed by atoms with Crippen molar-refractivity contribution in [3.8, 4) is 5.69 Å². The first kappa shape index (κ1) is 15.1. The van der Waals surface area contributed by atoms with Crippen molar-refractivity contribution in [1.29, 1.82) is 0 Å². The smallest absolute Gasteiger partial charge is 0.346 e. The van der Waals surface area contributed by atoms with Crippen LogP contribution in [0.3, 0.4) is 0 Å². The highest BCUT2D eigenvalue weighted by Crippen LogP contribution is 2.21. The topological polar surface area (TPSA) is 65.7 Å². The Balaban J connectivity index is 2.16. The van der Waals surface area contributed by atoms with Gasteiger partial charge in [-0.15, -0.1) is 0 Å². The maximum atomic E-state index is 10.9. The van der Waals surface area contributed by atoms with Crippen LogP contribution in [0.4, 0.5) is 0 Å². The number of halogens is 1. The molecule has 2 aromatic rings. The summed E-state index contributed by atoms with van der Waals surface area (Å²) >= 11 is 6.29. The minimum atomic E-state index is -0.505.